The zero-order valence-electron chi connectivity index (χ0n) is 16.3. The highest BCUT2D eigenvalue weighted by Crippen LogP contribution is 2.27. The van der Waals surface area contributed by atoms with Gasteiger partial charge in [-0.25, -0.2) is 14.8 Å². The Labute approximate surface area is 165 Å². The predicted octanol–water partition coefficient (Wildman–Crippen LogP) is 5.02. The zero-order chi connectivity index (χ0) is 20.1. The Morgan fingerprint density at radius 3 is 2.54 bits per heavy atom. The maximum Gasteiger partial charge on any atom is 0.337 e. The van der Waals surface area contributed by atoms with Crippen molar-refractivity contribution in [3.05, 3.63) is 83.6 Å². The van der Waals surface area contributed by atoms with Crippen LogP contribution in [-0.2, 0) is 11.2 Å². The van der Waals surface area contributed by atoms with E-state index in [2.05, 4.69) is 16.9 Å². The maximum absolute atomic E-state index is 11.7. The lowest BCUT2D eigenvalue weighted by molar-refractivity contribution is 0.0600. The fourth-order valence-corrected chi connectivity index (χ4v) is 2.98. The molecule has 0 aliphatic heterocycles. The summed E-state index contributed by atoms with van der Waals surface area (Å²) in [4.78, 5) is 21.2. The van der Waals surface area contributed by atoms with Gasteiger partial charge >= 0.3 is 5.97 Å². The number of aromatic nitrogens is 2. The van der Waals surface area contributed by atoms with Crippen LogP contribution in [0.5, 0.6) is 0 Å². The number of anilines is 2. The quantitative estimate of drug-likeness (QED) is 0.485. The van der Waals surface area contributed by atoms with E-state index in [1.54, 1.807) is 12.1 Å². The number of aryl methyl sites for hydroxylation is 2. The number of hydrogen-bond donors (Lipinski definition) is 1. The Bertz CT molecular complexity index is 1010. The van der Waals surface area contributed by atoms with Gasteiger partial charge in [-0.2, -0.15) is 0 Å². The summed E-state index contributed by atoms with van der Waals surface area (Å²) in [5.41, 5.74) is 5.16. The number of carbonyl (C=O) groups excluding carboxylic acids is 1. The Morgan fingerprint density at radius 1 is 1.14 bits per heavy atom. The topological polar surface area (TPSA) is 64.1 Å². The first-order valence-electron chi connectivity index (χ1n) is 9.03. The van der Waals surface area contributed by atoms with Crippen molar-refractivity contribution < 1.29 is 9.53 Å². The van der Waals surface area contributed by atoms with Gasteiger partial charge in [0.25, 0.3) is 0 Å². The van der Waals surface area contributed by atoms with E-state index in [1.165, 1.54) is 7.11 Å². The van der Waals surface area contributed by atoms with Crippen molar-refractivity contribution in [1.82, 2.24) is 9.97 Å². The number of methoxy groups -OCH3 is 1. The van der Waals surface area contributed by atoms with E-state index in [1.807, 2.05) is 56.3 Å². The molecule has 0 radical (unpaired) electrons. The first-order chi connectivity index (χ1) is 13.5. The summed E-state index contributed by atoms with van der Waals surface area (Å²) >= 11 is 0. The van der Waals surface area contributed by atoms with E-state index in [9.17, 15) is 4.79 Å². The molecule has 0 amide bonds. The average molecular weight is 373 g/mol. The SMILES string of the molecule is C=CCc1c(C)nc(-c2ccccc2)nc1Nc1ccc(C(=O)OC)cc1C. The van der Waals surface area contributed by atoms with Crippen LogP contribution in [-0.4, -0.2) is 23.0 Å². The summed E-state index contributed by atoms with van der Waals surface area (Å²) < 4.78 is 4.79. The molecule has 0 saturated carbocycles. The molecule has 0 atom stereocenters. The van der Waals surface area contributed by atoms with Gasteiger partial charge < -0.3 is 10.1 Å². The third-order valence-corrected chi connectivity index (χ3v) is 4.49. The summed E-state index contributed by atoms with van der Waals surface area (Å²) in [5, 5.41) is 3.41. The smallest absolute Gasteiger partial charge is 0.337 e. The summed E-state index contributed by atoms with van der Waals surface area (Å²) in [6, 6.07) is 15.3. The Balaban J connectivity index is 2.03. The number of allylic oxidation sites excluding steroid dienone is 1. The third kappa shape index (κ3) is 4.09. The maximum atomic E-state index is 11.7. The second-order valence-corrected chi connectivity index (χ2v) is 6.46. The highest BCUT2D eigenvalue weighted by atomic mass is 16.5. The molecule has 0 aliphatic carbocycles. The van der Waals surface area contributed by atoms with Crippen molar-refractivity contribution in [3.8, 4) is 11.4 Å². The normalized spacial score (nSPS) is 10.4. The number of ether oxygens (including phenoxy) is 1. The molecule has 1 aromatic heterocycles. The van der Waals surface area contributed by atoms with Crippen molar-refractivity contribution in [2.45, 2.75) is 20.3 Å². The molecule has 1 heterocycles. The van der Waals surface area contributed by atoms with Gasteiger partial charge in [-0.15, -0.1) is 6.58 Å². The van der Waals surface area contributed by atoms with Crippen molar-refractivity contribution in [2.75, 3.05) is 12.4 Å². The molecule has 2 aromatic carbocycles. The molecule has 0 aliphatic rings. The number of esters is 1. The minimum Gasteiger partial charge on any atom is -0.465 e. The first kappa shape index (κ1) is 19.3. The highest BCUT2D eigenvalue weighted by molar-refractivity contribution is 5.90. The van der Waals surface area contributed by atoms with Crippen LogP contribution in [0.15, 0.2) is 61.2 Å². The second-order valence-electron chi connectivity index (χ2n) is 6.46. The molecule has 0 saturated heterocycles. The van der Waals surface area contributed by atoms with E-state index in [-0.39, 0.29) is 5.97 Å². The van der Waals surface area contributed by atoms with E-state index < -0.39 is 0 Å². The van der Waals surface area contributed by atoms with Crippen LogP contribution in [0.2, 0.25) is 0 Å². The molecule has 3 rings (SSSR count). The molecule has 28 heavy (non-hydrogen) atoms. The molecule has 0 bridgehead atoms. The van der Waals surface area contributed by atoms with Gasteiger partial charge in [0.15, 0.2) is 5.82 Å². The molecular weight excluding hydrogens is 350 g/mol. The van der Waals surface area contributed by atoms with Gasteiger partial charge in [0.1, 0.15) is 5.82 Å². The van der Waals surface area contributed by atoms with Gasteiger partial charge in [0.05, 0.1) is 12.7 Å². The van der Waals surface area contributed by atoms with Gasteiger partial charge in [0, 0.05) is 22.5 Å². The lowest BCUT2D eigenvalue weighted by Crippen LogP contribution is -2.07. The van der Waals surface area contributed by atoms with Gasteiger partial charge in [-0.05, 0) is 44.0 Å². The van der Waals surface area contributed by atoms with Crippen molar-refractivity contribution in [1.29, 1.82) is 0 Å². The molecule has 3 aromatic rings. The number of nitrogens with zero attached hydrogens (tertiary/aromatic N) is 2. The van der Waals surface area contributed by atoms with Crippen LogP contribution in [0, 0.1) is 13.8 Å². The standard InChI is InChI=1S/C23H23N3O2/c1-5-9-19-16(3)24-21(17-10-7-6-8-11-17)26-22(19)25-20-13-12-18(14-15(20)2)23(27)28-4/h5-8,10-14H,1,9H2,2-4H3,(H,24,25,26). The number of hydrogen-bond acceptors (Lipinski definition) is 5. The van der Waals surface area contributed by atoms with Gasteiger partial charge in [-0.3, -0.25) is 0 Å². The third-order valence-electron chi connectivity index (χ3n) is 4.49. The Morgan fingerprint density at radius 2 is 1.89 bits per heavy atom. The minimum absolute atomic E-state index is 0.355. The lowest BCUT2D eigenvalue weighted by Gasteiger charge is -2.16. The van der Waals surface area contributed by atoms with Crippen LogP contribution >= 0.6 is 0 Å². The van der Waals surface area contributed by atoms with E-state index in [4.69, 9.17) is 9.72 Å². The molecule has 142 valence electrons. The fourth-order valence-electron chi connectivity index (χ4n) is 2.98. The molecule has 1 N–H and O–H groups in total. The van der Waals surface area contributed by atoms with Crippen LogP contribution < -0.4 is 5.32 Å². The molecule has 5 heteroatoms. The summed E-state index contributed by atoms with van der Waals surface area (Å²) in [6.07, 6.45) is 2.49. The van der Waals surface area contributed by atoms with Gasteiger partial charge in [-0.1, -0.05) is 36.4 Å². The average Bonchev–Trinajstić information content (AvgIpc) is 2.71. The number of carbonyl (C=O) groups is 1. The molecule has 0 fully saturated rings. The highest BCUT2D eigenvalue weighted by Gasteiger charge is 2.14. The number of nitrogens with one attached hydrogen (secondary N) is 1. The van der Waals surface area contributed by atoms with E-state index in [0.29, 0.717) is 17.8 Å². The van der Waals surface area contributed by atoms with Gasteiger partial charge in [0.2, 0.25) is 0 Å². The summed E-state index contributed by atoms with van der Waals surface area (Å²) in [6.45, 7) is 7.77. The lowest BCUT2D eigenvalue weighted by atomic mass is 10.1. The molecule has 5 nitrogen and oxygen atoms in total. The fraction of sp³-hybridized carbons (Fsp3) is 0.174. The van der Waals surface area contributed by atoms with Crippen molar-refractivity contribution in [2.24, 2.45) is 0 Å². The number of rotatable bonds is 6. The Hall–Kier alpha value is -3.47. The van der Waals surface area contributed by atoms with Crippen molar-refractivity contribution >= 4 is 17.5 Å². The zero-order valence-corrected chi connectivity index (χ0v) is 16.3. The van der Waals surface area contributed by atoms with Crippen LogP contribution in [0.4, 0.5) is 11.5 Å². The van der Waals surface area contributed by atoms with Crippen LogP contribution in [0.3, 0.4) is 0 Å². The molecule has 0 spiro atoms. The monoisotopic (exact) mass is 373 g/mol. The summed E-state index contributed by atoms with van der Waals surface area (Å²) in [5.74, 6) is 1.05. The molecule has 0 unspecified atom stereocenters. The second kappa shape index (κ2) is 8.48. The van der Waals surface area contributed by atoms with Crippen molar-refractivity contribution in [3.63, 3.8) is 0 Å². The Kier molecular flexibility index (Phi) is 5.84. The van der Waals surface area contributed by atoms with E-state index >= 15 is 0 Å². The van der Waals surface area contributed by atoms with E-state index in [0.717, 1.165) is 33.9 Å². The number of benzene rings is 2. The largest absolute Gasteiger partial charge is 0.465 e. The van der Waals surface area contributed by atoms with Crippen LogP contribution in [0.1, 0.15) is 27.2 Å². The molecular formula is C23H23N3O2. The van der Waals surface area contributed by atoms with Crippen LogP contribution in [0.25, 0.3) is 11.4 Å². The first-order valence-corrected chi connectivity index (χ1v) is 9.03. The summed E-state index contributed by atoms with van der Waals surface area (Å²) in [7, 11) is 1.38. The minimum atomic E-state index is -0.355. The predicted molar refractivity (Wildman–Crippen MR) is 112 cm³/mol.